The van der Waals surface area contributed by atoms with Crippen LogP contribution in [0.4, 0.5) is 5.69 Å². The van der Waals surface area contributed by atoms with Crippen LogP contribution in [0.1, 0.15) is 32.1 Å². The second-order valence-corrected chi connectivity index (χ2v) is 7.86. The van der Waals surface area contributed by atoms with Crippen molar-refractivity contribution in [3.8, 4) is 11.5 Å². The molecule has 1 N–H and O–H groups in total. The number of hydrogen-bond acceptors (Lipinski definition) is 6. The Kier molecular flexibility index (Phi) is 5.60. The number of methoxy groups -OCH3 is 1. The number of benzene rings is 1. The molecule has 0 aromatic heterocycles. The molecule has 8 heteroatoms. The topological polar surface area (TPSA) is 94.2 Å². The number of anilines is 1. The van der Waals surface area contributed by atoms with Gasteiger partial charge in [0.25, 0.3) is 0 Å². The Bertz CT molecular complexity index is 810. The van der Waals surface area contributed by atoms with Crippen LogP contribution in [0, 0.1) is 17.8 Å². The Morgan fingerprint density at radius 1 is 1.21 bits per heavy atom. The molecule has 1 aromatic carbocycles. The summed E-state index contributed by atoms with van der Waals surface area (Å²) in [4.78, 5) is 38.8. The van der Waals surface area contributed by atoms with Crippen LogP contribution in [-0.2, 0) is 19.1 Å². The maximum absolute atomic E-state index is 12.7. The fraction of sp³-hybridized carbons (Fsp3) is 0.571. The molecule has 29 heavy (non-hydrogen) atoms. The number of hydrogen-bond donors (Lipinski definition) is 1. The molecular formula is C21H26N2O6. The van der Waals surface area contributed by atoms with Gasteiger partial charge in [-0.3, -0.25) is 14.4 Å². The van der Waals surface area contributed by atoms with Gasteiger partial charge < -0.3 is 24.4 Å². The Balaban J connectivity index is 1.35. The summed E-state index contributed by atoms with van der Waals surface area (Å²) >= 11 is 0. The van der Waals surface area contributed by atoms with E-state index >= 15 is 0 Å². The number of rotatable bonds is 5. The van der Waals surface area contributed by atoms with Crippen molar-refractivity contribution in [1.29, 1.82) is 0 Å². The molecule has 1 aliphatic carbocycles. The molecule has 0 spiro atoms. The molecule has 1 saturated heterocycles. The molecule has 0 radical (unpaired) electrons. The maximum Gasteiger partial charge on any atom is 0.309 e. The summed E-state index contributed by atoms with van der Waals surface area (Å²) < 4.78 is 15.6. The summed E-state index contributed by atoms with van der Waals surface area (Å²) in [6.45, 7) is 0.939. The zero-order valence-corrected chi connectivity index (χ0v) is 16.5. The van der Waals surface area contributed by atoms with Gasteiger partial charge in [-0.25, -0.2) is 0 Å². The van der Waals surface area contributed by atoms with Gasteiger partial charge in [-0.15, -0.1) is 0 Å². The van der Waals surface area contributed by atoms with Crippen LogP contribution in [0.3, 0.4) is 0 Å². The van der Waals surface area contributed by atoms with Crippen LogP contribution in [0.5, 0.6) is 11.5 Å². The van der Waals surface area contributed by atoms with E-state index in [9.17, 15) is 14.4 Å². The third-order valence-electron chi connectivity index (χ3n) is 6.12. The van der Waals surface area contributed by atoms with E-state index < -0.39 is 5.92 Å². The SMILES string of the molecule is COC(=O)C1CCCCC1CNC(=O)C1CC(=O)N(c2ccc3c(c2)OCO3)C1. The number of nitrogens with one attached hydrogen (secondary N) is 1. The van der Waals surface area contributed by atoms with Crippen molar-refractivity contribution in [1.82, 2.24) is 5.32 Å². The number of nitrogens with zero attached hydrogens (tertiary/aromatic N) is 1. The lowest BCUT2D eigenvalue weighted by atomic mass is 9.79. The van der Waals surface area contributed by atoms with Crippen LogP contribution in [-0.4, -0.2) is 44.8 Å². The first-order valence-electron chi connectivity index (χ1n) is 10.1. The molecule has 0 bridgehead atoms. The Labute approximate surface area is 169 Å². The van der Waals surface area contributed by atoms with Crippen molar-refractivity contribution >= 4 is 23.5 Å². The van der Waals surface area contributed by atoms with Gasteiger partial charge in [0.2, 0.25) is 18.6 Å². The summed E-state index contributed by atoms with van der Waals surface area (Å²) in [6, 6.07) is 5.34. The molecule has 3 aliphatic rings. The van der Waals surface area contributed by atoms with E-state index in [4.69, 9.17) is 14.2 Å². The van der Waals surface area contributed by atoms with Crippen molar-refractivity contribution in [2.45, 2.75) is 32.1 Å². The third-order valence-corrected chi connectivity index (χ3v) is 6.12. The molecule has 4 rings (SSSR count). The number of carbonyl (C=O) groups excluding carboxylic acids is 3. The van der Waals surface area contributed by atoms with Gasteiger partial charge in [0.05, 0.1) is 18.9 Å². The van der Waals surface area contributed by atoms with E-state index in [1.54, 1.807) is 23.1 Å². The first-order valence-corrected chi connectivity index (χ1v) is 10.1. The zero-order chi connectivity index (χ0) is 20.4. The van der Waals surface area contributed by atoms with Crippen LogP contribution < -0.4 is 19.7 Å². The molecule has 2 fully saturated rings. The van der Waals surface area contributed by atoms with Gasteiger partial charge in [-0.1, -0.05) is 12.8 Å². The number of ether oxygens (including phenoxy) is 3. The van der Waals surface area contributed by atoms with E-state index in [0.29, 0.717) is 30.3 Å². The van der Waals surface area contributed by atoms with Gasteiger partial charge in [0.1, 0.15) is 0 Å². The van der Waals surface area contributed by atoms with Crippen LogP contribution in [0.15, 0.2) is 18.2 Å². The fourth-order valence-corrected chi connectivity index (χ4v) is 4.48. The van der Waals surface area contributed by atoms with E-state index in [1.165, 1.54) is 7.11 Å². The minimum Gasteiger partial charge on any atom is -0.469 e. The van der Waals surface area contributed by atoms with Crippen molar-refractivity contribution < 1.29 is 28.6 Å². The fourth-order valence-electron chi connectivity index (χ4n) is 4.48. The lowest BCUT2D eigenvalue weighted by Gasteiger charge is -2.29. The third kappa shape index (κ3) is 4.02. The Morgan fingerprint density at radius 3 is 2.83 bits per heavy atom. The van der Waals surface area contributed by atoms with Crippen molar-refractivity contribution in [3.63, 3.8) is 0 Å². The normalized spacial score (nSPS) is 25.8. The van der Waals surface area contributed by atoms with E-state index in [1.807, 2.05) is 0 Å². The van der Waals surface area contributed by atoms with Crippen molar-refractivity contribution in [2.24, 2.45) is 17.8 Å². The van der Waals surface area contributed by atoms with E-state index in [-0.39, 0.29) is 42.8 Å². The molecule has 8 nitrogen and oxygen atoms in total. The molecule has 2 heterocycles. The predicted molar refractivity (Wildman–Crippen MR) is 103 cm³/mol. The van der Waals surface area contributed by atoms with E-state index in [2.05, 4.69) is 5.32 Å². The highest BCUT2D eigenvalue weighted by atomic mass is 16.7. The predicted octanol–water partition coefficient (Wildman–Crippen LogP) is 1.86. The molecule has 2 aliphatic heterocycles. The monoisotopic (exact) mass is 402 g/mol. The van der Waals surface area contributed by atoms with Crippen molar-refractivity contribution in [2.75, 3.05) is 31.9 Å². The summed E-state index contributed by atoms with van der Waals surface area (Å²) in [5, 5.41) is 2.97. The average molecular weight is 402 g/mol. The highest BCUT2D eigenvalue weighted by Crippen LogP contribution is 2.37. The van der Waals surface area contributed by atoms with Gasteiger partial charge in [0, 0.05) is 31.3 Å². The molecule has 2 amide bonds. The zero-order valence-electron chi connectivity index (χ0n) is 16.5. The van der Waals surface area contributed by atoms with Crippen molar-refractivity contribution in [3.05, 3.63) is 18.2 Å². The first-order chi connectivity index (χ1) is 14.1. The molecule has 1 aromatic rings. The first kappa shape index (κ1) is 19.5. The minimum atomic E-state index is -0.409. The smallest absolute Gasteiger partial charge is 0.309 e. The van der Waals surface area contributed by atoms with Gasteiger partial charge in [-0.05, 0) is 30.9 Å². The summed E-state index contributed by atoms with van der Waals surface area (Å²) in [6.07, 6.45) is 3.92. The Hall–Kier alpha value is -2.77. The quantitative estimate of drug-likeness (QED) is 0.756. The van der Waals surface area contributed by atoms with Gasteiger partial charge in [-0.2, -0.15) is 0 Å². The number of carbonyl (C=O) groups is 3. The maximum atomic E-state index is 12.7. The molecule has 3 atom stereocenters. The summed E-state index contributed by atoms with van der Waals surface area (Å²) in [5.74, 6) is 0.343. The standard InChI is InChI=1S/C21H26N2O6/c1-27-21(26)16-5-3-2-4-13(16)10-22-20(25)14-8-19(24)23(11-14)15-6-7-17-18(9-15)29-12-28-17/h6-7,9,13-14,16H,2-5,8,10-12H2,1H3,(H,22,25). The minimum absolute atomic E-state index is 0.0854. The number of amides is 2. The highest BCUT2D eigenvalue weighted by Gasteiger charge is 2.37. The number of fused-ring (bicyclic) bond motifs is 1. The van der Waals surface area contributed by atoms with Gasteiger partial charge >= 0.3 is 5.97 Å². The molecule has 156 valence electrons. The molecule has 3 unspecified atom stereocenters. The second kappa shape index (κ2) is 8.31. The lowest BCUT2D eigenvalue weighted by Crippen LogP contribution is -2.40. The largest absolute Gasteiger partial charge is 0.469 e. The summed E-state index contributed by atoms with van der Waals surface area (Å²) in [5.41, 5.74) is 0.701. The highest BCUT2D eigenvalue weighted by molar-refractivity contribution is 6.00. The van der Waals surface area contributed by atoms with Crippen LogP contribution in [0.2, 0.25) is 0 Å². The average Bonchev–Trinajstić information content (AvgIpc) is 3.37. The van der Waals surface area contributed by atoms with E-state index in [0.717, 1.165) is 25.7 Å². The summed E-state index contributed by atoms with van der Waals surface area (Å²) in [7, 11) is 1.40. The molecule has 1 saturated carbocycles. The number of esters is 1. The Morgan fingerprint density at radius 2 is 2.00 bits per heavy atom. The molecular weight excluding hydrogens is 376 g/mol. The second-order valence-electron chi connectivity index (χ2n) is 7.86. The van der Waals surface area contributed by atoms with Crippen LogP contribution in [0.25, 0.3) is 0 Å². The van der Waals surface area contributed by atoms with Gasteiger partial charge in [0.15, 0.2) is 11.5 Å². The lowest BCUT2D eigenvalue weighted by molar-refractivity contribution is -0.148. The van der Waals surface area contributed by atoms with Crippen LogP contribution >= 0.6 is 0 Å².